The van der Waals surface area contributed by atoms with Crippen molar-refractivity contribution in [1.82, 2.24) is 15.6 Å². The highest BCUT2D eigenvalue weighted by atomic mass is 32.1. The van der Waals surface area contributed by atoms with Crippen molar-refractivity contribution >= 4 is 45.7 Å². The van der Waals surface area contributed by atoms with Crippen LogP contribution in [-0.2, 0) is 11.2 Å². The number of benzene rings is 3. The maximum atomic E-state index is 14.9. The van der Waals surface area contributed by atoms with Crippen molar-refractivity contribution in [3.63, 3.8) is 0 Å². The molecule has 0 atom stereocenters. The molecule has 37 heavy (non-hydrogen) atoms. The first-order valence-electron chi connectivity index (χ1n) is 11.2. The lowest BCUT2D eigenvalue weighted by Gasteiger charge is -2.14. The van der Waals surface area contributed by atoms with Crippen LogP contribution in [0.3, 0.4) is 0 Å². The molecule has 2 amide bonds. The number of carbonyl (C=O) groups excluding carboxylic acids is 2. The summed E-state index contributed by atoms with van der Waals surface area (Å²) in [7, 11) is 2.97. The summed E-state index contributed by atoms with van der Waals surface area (Å²) in [6, 6.07) is 18.2. The monoisotopic (exact) mass is 518 g/mol. The van der Waals surface area contributed by atoms with E-state index in [0.29, 0.717) is 28.1 Å². The van der Waals surface area contributed by atoms with Gasteiger partial charge in [-0.2, -0.15) is 0 Å². The van der Waals surface area contributed by atoms with Crippen LogP contribution in [-0.4, -0.2) is 36.1 Å². The second-order valence-corrected chi connectivity index (χ2v) is 8.28. The van der Waals surface area contributed by atoms with Crippen molar-refractivity contribution in [3.8, 4) is 17.2 Å². The topological polar surface area (TPSA) is 102 Å². The van der Waals surface area contributed by atoms with Gasteiger partial charge in [-0.15, -0.1) is 0 Å². The van der Waals surface area contributed by atoms with Crippen LogP contribution in [0.5, 0.6) is 17.2 Å². The molecule has 188 valence electrons. The highest BCUT2D eigenvalue weighted by Crippen LogP contribution is 2.34. The fourth-order valence-electron chi connectivity index (χ4n) is 3.61. The number of nitrogens with one attached hydrogen (secondary N) is 3. The summed E-state index contributed by atoms with van der Waals surface area (Å²) in [6.07, 6.45) is 1.68. The van der Waals surface area contributed by atoms with Crippen molar-refractivity contribution in [2.75, 3.05) is 19.5 Å². The van der Waals surface area contributed by atoms with E-state index >= 15 is 0 Å². The van der Waals surface area contributed by atoms with Gasteiger partial charge in [0.15, 0.2) is 16.7 Å². The van der Waals surface area contributed by atoms with E-state index in [1.807, 2.05) is 30.3 Å². The quantitative estimate of drug-likeness (QED) is 0.308. The number of hydrogen-bond donors (Lipinski definition) is 3. The minimum absolute atomic E-state index is 0.0461. The molecule has 4 rings (SSSR count). The van der Waals surface area contributed by atoms with Crippen LogP contribution >= 0.6 is 12.2 Å². The third-order valence-corrected chi connectivity index (χ3v) is 5.57. The Kier molecular flexibility index (Phi) is 7.89. The molecule has 0 aliphatic rings. The lowest BCUT2D eigenvalue weighted by molar-refractivity contribution is -0.119. The summed E-state index contributed by atoms with van der Waals surface area (Å²) < 4.78 is 26.1. The van der Waals surface area contributed by atoms with Gasteiger partial charge < -0.3 is 25.4 Å². The molecule has 3 N–H and O–H groups in total. The number of pyridine rings is 1. The minimum Gasteiger partial charge on any atom is -0.496 e. The van der Waals surface area contributed by atoms with Crippen LogP contribution in [0.15, 0.2) is 72.9 Å². The van der Waals surface area contributed by atoms with E-state index in [4.69, 9.17) is 21.7 Å². The van der Waals surface area contributed by atoms with Gasteiger partial charge in [0.1, 0.15) is 11.5 Å². The third kappa shape index (κ3) is 6.17. The summed E-state index contributed by atoms with van der Waals surface area (Å²) in [5.74, 6) is -0.683. The SMILES string of the molecule is CNC(=O)c1cc2c(Oc3ccc(NC(=S)NC(=O)Cc4ccccc4)cc3F)ccnc2cc1OC. The second kappa shape index (κ2) is 11.4. The molecular weight excluding hydrogens is 495 g/mol. The summed E-state index contributed by atoms with van der Waals surface area (Å²) in [6.45, 7) is 0. The number of anilines is 1. The highest BCUT2D eigenvalue weighted by Gasteiger charge is 2.17. The van der Waals surface area contributed by atoms with Crippen molar-refractivity contribution in [1.29, 1.82) is 0 Å². The van der Waals surface area contributed by atoms with E-state index in [1.165, 1.54) is 32.5 Å². The Morgan fingerprint density at radius 1 is 1.00 bits per heavy atom. The standard InChI is InChI=1S/C27H23FN4O4S/c1-29-26(34)19-14-18-21(15-24(19)35-2)30-11-10-22(18)36-23-9-8-17(13-20(23)28)31-27(37)32-25(33)12-16-6-4-3-5-7-16/h3-11,13-15H,12H2,1-2H3,(H,29,34)(H2,31,32,33,37). The Balaban J connectivity index is 1.48. The molecule has 10 heteroatoms. The first kappa shape index (κ1) is 25.5. The van der Waals surface area contributed by atoms with Crippen molar-refractivity contribution < 1.29 is 23.5 Å². The van der Waals surface area contributed by atoms with E-state index in [0.717, 1.165) is 5.56 Å². The van der Waals surface area contributed by atoms with Crippen LogP contribution < -0.4 is 25.4 Å². The average Bonchev–Trinajstić information content (AvgIpc) is 2.89. The van der Waals surface area contributed by atoms with E-state index in [2.05, 4.69) is 20.9 Å². The van der Waals surface area contributed by atoms with Gasteiger partial charge in [-0.25, -0.2) is 4.39 Å². The molecular formula is C27H23FN4O4S. The molecule has 0 saturated heterocycles. The van der Waals surface area contributed by atoms with Gasteiger partial charge in [-0.05, 0) is 42.0 Å². The van der Waals surface area contributed by atoms with Gasteiger partial charge >= 0.3 is 0 Å². The number of amides is 2. The molecule has 0 aliphatic carbocycles. The number of hydrogen-bond acceptors (Lipinski definition) is 6. The normalized spacial score (nSPS) is 10.5. The number of rotatable bonds is 7. The van der Waals surface area contributed by atoms with Crippen molar-refractivity contribution in [3.05, 3.63) is 89.9 Å². The molecule has 0 spiro atoms. The lowest BCUT2D eigenvalue weighted by Crippen LogP contribution is -2.35. The number of methoxy groups -OCH3 is 1. The second-order valence-electron chi connectivity index (χ2n) is 7.87. The summed E-state index contributed by atoms with van der Waals surface area (Å²) >= 11 is 5.18. The Bertz CT molecular complexity index is 1480. The molecule has 3 aromatic carbocycles. The largest absolute Gasteiger partial charge is 0.496 e. The van der Waals surface area contributed by atoms with Gasteiger partial charge in [0, 0.05) is 36.5 Å². The van der Waals surface area contributed by atoms with Gasteiger partial charge in [-0.1, -0.05) is 30.3 Å². The molecule has 4 aromatic rings. The first-order chi connectivity index (χ1) is 17.9. The third-order valence-electron chi connectivity index (χ3n) is 5.36. The first-order valence-corrected chi connectivity index (χ1v) is 11.6. The number of fused-ring (bicyclic) bond motifs is 1. The van der Waals surface area contributed by atoms with Gasteiger partial charge in [-0.3, -0.25) is 14.6 Å². The molecule has 0 fully saturated rings. The minimum atomic E-state index is -0.659. The van der Waals surface area contributed by atoms with Gasteiger partial charge in [0.25, 0.3) is 5.91 Å². The maximum Gasteiger partial charge on any atom is 0.254 e. The average molecular weight is 519 g/mol. The molecule has 1 aromatic heterocycles. The predicted octanol–water partition coefficient (Wildman–Crippen LogP) is 4.59. The molecule has 0 saturated carbocycles. The number of halogens is 1. The summed E-state index contributed by atoms with van der Waals surface area (Å²) in [4.78, 5) is 28.8. The zero-order chi connectivity index (χ0) is 26.4. The summed E-state index contributed by atoms with van der Waals surface area (Å²) in [5, 5.41) is 8.48. The number of ether oxygens (including phenoxy) is 2. The Morgan fingerprint density at radius 3 is 2.49 bits per heavy atom. The van der Waals surface area contributed by atoms with Gasteiger partial charge in [0.2, 0.25) is 5.91 Å². The number of carbonyl (C=O) groups is 2. The molecule has 0 unspecified atom stereocenters. The van der Waals surface area contributed by atoms with Crippen molar-refractivity contribution in [2.24, 2.45) is 0 Å². The van der Waals surface area contributed by atoms with E-state index < -0.39 is 5.82 Å². The van der Waals surface area contributed by atoms with Crippen LogP contribution in [0.25, 0.3) is 10.9 Å². The Morgan fingerprint density at radius 2 is 1.78 bits per heavy atom. The Hall–Kier alpha value is -4.57. The van der Waals surface area contributed by atoms with Crippen LogP contribution in [0.2, 0.25) is 0 Å². The molecule has 1 heterocycles. The highest BCUT2D eigenvalue weighted by molar-refractivity contribution is 7.80. The zero-order valence-electron chi connectivity index (χ0n) is 20.0. The molecule has 0 aliphatic heterocycles. The number of aromatic nitrogens is 1. The maximum absolute atomic E-state index is 14.9. The van der Waals surface area contributed by atoms with Crippen molar-refractivity contribution in [2.45, 2.75) is 6.42 Å². The fraction of sp³-hybridized carbons (Fsp3) is 0.111. The summed E-state index contributed by atoms with van der Waals surface area (Å²) in [5.41, 5.74) is 1.98. The predicted molar refractivity (Wildman–Crippen MR) is 143 cm³/mol. The molecule has 0 bridgehead atoms. The van der Waals surface area contributed by atoms with Crippen LogP contribution in [0.1, 0.15) is 15.9 Å². The smallest absolute Gasteiger partial charge is 0.254 e. The fourth-order valence-corrected chi connectivity index (χ4v) is 3.84. The lowest BCUT2D eigenvalue weighted by atomic mass is 10.1. The number of nitrogens with zero attached hydrogens (tertiary/aromatic N) is 1. The zero-order valence-corrected chi connectivity index (χ0v) is 20.8. The number of thiocarbonyl (C=S) groups is 1. The Labute approximate surface area is 217 Å². The van der Waals surface area contributed by atoms with E-state index in [9.17, 15) is 14.0 Å². The van der Waals surface area contributed by atoms with Gasteiger partial charge in [0.05, 0.1) is 24.6 Å². The van der Waals surface area contributed by atoms with Crippen LogP contribution in [0, 0.1) is 5.82 Å². The molecule has 8 nitrogen and oxygen atoms in total. The van der Waals surface area contributed by atoms with E-state index in [-0.39, 0.29) is 34.7 Å². The van der Waals surface area contributed by atoms with E-state index in [1.54, 1.807) is 24.3 Å². The van der Waals surface area contributed by atoms with Crippen LogP contribution in [0.4, 0.5) is 10.1 Å². The molecule has 0 radical (unpaired) electrons.